The van der Waals surface area contributed by atoms with Crippen LogP contribution in [-0.2, 0) is 0 Å². The third kappa shape index (κ3) is 5.10. The summed E-state index contributed by atoms with van der Waals surface area (Å²) in [6.07, 6.45) is 7.27. The maximum atomic E-state index is 14.7. The van der Waals surface area contributed by atoms with E-state index in [4.69, 9.17) is 4.74 Å². The van der Waals surface area contributed by atoms with Gasteiger partial charge < -0.3 is 4.74 Å². The van der Waals surface area contributed by atoms with E-state index in [1.807, 2.05) is 0 Å². The van der Waals surface area contributed by atoms with Crippen molar-refractivity contribution < 1.29 is 26.7 Å². The number of rotatable bonds is 7. The third-order valence-corrected chi connectivity index (χ3v) is 5.95. The Hall–Kier alpha value is -2.37. The molecule has 0 unspecified atom stereocenters. The fourth-order valence-electron chi connectivity index (χ4n) is 4.30. The second-order valence-corrected chi connectivity index (χ2v) is 8.04. The van der Waals surface area contributed by atoms with Crippen LogP contribution in [0.5, 0.6) is 5.75 Å². The van der Waals surface area contributed by atoms with Gasteiger partial charge in [0.05, 0.1) is 6.61 Å². The summed E-state index contributed by atoms with van der Waals surface area (Å²) in [7, 11) is 0. The van der Waals surface area contributed by atoms with Crippen LogP contribution >= 0.6 is 0 Å². The molecule has 2 aromatic rings. The van der Waals surface area contributed by atoms with E-state index in [0.29, 0.717) is 5.92 Å². The molecular weight excluding hydrogens is 411 g/mol. The first-order valence-electron chi connectivity index (χ1n) is 10.8. The van der Waals surface area contributed by atoms with Gasteiger partial charge in [0.25, 0.3) is 0 Å². The van der Waals surface area contributed by atoms with Crippen LogP contribution < -0.4 is 4.74 Å². The van der Waals surface area contributed by atoms with Crippen LogP contribution in [0, 0.1) is 35.1 Å². The summed E-state index contributed by atoms with van der Waals surface area (Å²) in [6, 6.07) is 4.40. The molecule has 2 aromatic carbocycles. The Bertz CT molecular complexity index is 945. The van der Waals surface area contributed by atoms with E-state index in [0.717, 1.165) is 62.8 Å². The molecule has 1 saturated carbocycles. The van der Waals surface area contributed by atoms with E-state index in [-0.39, 0.29) is 18.3 Å². The van der Waals surface area contributed by atoms with Crippen LogP contribution in [0.25, 0.3) is 17.0 Å². The van der Waals surface area contributed by atoms with E-state index >= 15 is 0 Å². The number of halogens is 5. The van der Waals surface area contributed by atoms with Gasteiger partial charge in [0.15, 0.2) is 23.2 Å². The molecule has 0 aromatic heterocycles. The molecule has 0 spiro atoms. The molecule has 0 bridgehead atoms. The largest absolute Gasteiger partial charge is 0.491 e. The van der Waals surface area contributed by atoms with Crippen LogP contribution in [0.1, 0.15) is 57.9 Å². The number of hydrogen-bond donors (Lipinski definition) is 0. The van der Waals surface area contributed by atoms with Gasteiger partial charge in [-0.25, -0.2) is 17.6 Å². The predicted molar refractivity (Wildman–Crippen MR) is 112 cm³/mol. The van der Waals surface area contributed by atoms with Crippen molar-refractivity contribution in [2.24, 2.45) is 11.8 Å². The van der Waals surface area contributed by atoms with E-state index < -0.39 is 45.8 Å². The van der Waals surface area contributed by atoms with Crippen LogP contribution in [0.3, 0.4) is 0 Å². The lowest BCUT2D eigenvalue weighted by atomic mass is 9.80. The van der Waals surface area contributed by atoms with Crippen molar-refractivity contribution in [2.75, 3.05) is 6.61 Å². The van der Waals surface area contributed by atoms with Gasteiger partial charge in [-0.1, -0.05) is 25.8 Å². The van der Waals surface area contributed by atoms with Crippen molar-refractivity contribution in [3.8, 4) is 16.9 Å². The Labute approximate surface area is 179 Å². The molecule has 0 N–H and O–H groups in total. The number of hydrogen-bond acceptors (Lipinski definition) is 1. The molecule has 0 atom stereocenters. The van der Waals surface area contributed by atoms with Gasteiger partial charge in [-0.2, -0.15) is 4.39 Å². The van der Waals surface area contributed by atoms with Crippen molar-refractivity contribution in [2.45, 2.75) is 52.4 Å². The molecule has 31 heavy (non-hydrogen) atoms. The highest BCUT2D eigenvalue weighted by Gasteiger charge is 2.24. The highest BCUT2D eigenvalue weighted by Crippen LogP contribution is 2.37. The van der Waals surface area contributed by atoms with Crippen molar-refractivity contribution in [1.29, 1.82) is 0 Å². The summed E-state index contributed by atoms with van der Waals surface area (Å²) in [4.78, 5) is 0. The van der Waals surface area contributed by atoms with Gasteiger partial charge in [-0.3, -0.25) is 0 Å². The second-order valence-electron chi connectivity index (χ2n) is 8.04. The van der Waals surface area contributed by atoms with E-state index in [1.165, 1.54) is 6.08 Å². The standard InChI is InChI=1S/C25H27F5O/c1-3-5-15-6-8-16(9-7-15)14-20(26)19-11-10-17(22(27)24(19)29)18-12-13-21(31-4-2)25(30)23(18)28/h10-16H,3-9H2,1-2H3/b20-14+. The molecule has 0 saturated heterocycles. The summed E-state index contributed by atoms with van der Waals surface area (Å²) in [5.74, 6) is -5.99. The molecule has 0 aliphatic heterocycles. The SMILES string of the molecule is CCCC1CCC(/C=C(/F)c2ccc(-c3ccc(OCC)c(F)c3F)c(F)c2F)CC1. The Morgan fingerprint density at radius 3 is 2.10 bits per heavy atom. The lowest BCUT2D eigenvalue weighted by Crippen LogP contribution is -2.13. The summed E-state index contributed by atoms with van der Waals surface area (Å²) in [5, 5.41) is 0. The van der Waals surface area contributed by atoms with Gasteiger partial charge in [0.2, 0.25) is 5.82 Å². The average Bonchev–Trinajstić information content (AvgIpc) is 2.75. The summed E-state index contributed by atoms with van der Waals surface area (Å²) < 4.78 is 77.6. The molecule has 1 nitrogen and oxygen atoms in total. The molecule has 0 radical (unpaired) electrons. The Morgan fingerprint density at radius 2 is 1.48 bits per heavy atom. The molecule has 6 heteroatoms. The molecule has 1 aliphatic rings. The first kappa shape index (κ1) is 23.3. The van der Waals surface area contributed by atoms with E-state index in [9.17, 15) is 22.0 Å². The highest BCUT2D eigenvalue weighted by molar-refractivity contribution is 5.70. The first-order chi connectivity index (χ1) is 14.9. The highest BCUT2D eigenvalue weighted by atomic mass is 19.2. The zero-order chi connectivity index (χ0) is 22.5. The van der Waals surface area contributed by atoms with Crippen LogP contribution in [0.15, 0.2) is 30.3 Å². The number of ether oxygens (including phenoxy) is 1. The minimum absolute atomic E-state index is 0.0205. The summed E-state index contributed by atoms with van der Waals surface area (Å²) in [6.45, 7) is 3.87. The third-order valence-electron chi connectivity index (χ3n) is 5.95. The van der Waals surface area contributed by atoms with Crippen molar-refractivity contribution in [3.63, 3.8) is 0 Å². The topological polar surface area (TPSA) is 9.23 Å². The molecule has 1 aliphatic carbocycles. The smallest absolute Gasteiger partial charge is 0.201 e. The van der Waals surface area contributed by atoms with Crippen LogP contribution in [0.4, 0.5) is 22.0 Å². The predicted octanol–water partition coefficient (Wildman–Crippen LogP) is 8.23. The van der Waals surface area contributed by atoms with Gasteiger partial charge in [0.1, 0.15) is 5.83 Å². The van der Waals surface area contributed by atoms with Crippen LogP contribution in [0.2, 0.25) is 0 Å². The van der Waals surface area contributed by atoms with E-state index in [2.05, 4.69) is 6.92 Å². The number of allylic oxidation sites excluding steroid dienone is 1. The first-order valence-corrected chi connectivity index (χ1v) is 10.8. The lowest BCUT2D eigenvalue weighted by molar-refractivity contribution is 0.293. The van der Waals surface area contributed by atoms with Gasteiger partial charge in [-0.05, 0) is 68.7 Å². The lowest BCUT2D eigenvalue weighted by Gasteiger charge is -2.26. The fraction of sp³-hybridized carbons (Fsp3) is 0.440. The van der Waals surface area contributed by atoms with Gasteiger partial charge >= 0.3 is 0 Å². The minimum Gasteiger partial charge on any atom is -0.491 e. The monoisotopic (exact) mass is 438 g/mol. The quantitative estimate of drug-likeness (QED) is 0.396. The maximum Gasteiger partial charge on any atom is 0.201 e. The zero-order valence-corrected chi connectivity index (χ0v) is 17.8. The molecule has 3 rings (SSSR count). The maximum absolute atomic E-state index is 14.7. The Morgan fingerprint density at radius 1 is 0.871 bits per heavy atom. The summed E-state index contributed by atoms with van der Waals surface area (Å²) in [5.41, 5.74) is -1.44. The molecule has 1 fully saturated rings. The zero-order valence-electron chi connectivity index (χ0n) is 17.8. The second kappa shape index (κ2) is 10.3. The molecular formula is C25H27F5O. The number of benzene rings is 2. The average molecular weight is 438 g/mol. The van der Waals surface area contributed by atoms with Crippen molar-refractivity contribution >= 4 is 5.83 Å². The molecule has 168 valence electrons. The van der Waals surface area contributed by atoms with Gasteiger partial charge in [-0.15, -0.1) is 0 Å². The van der Waals surface area contributed by atoms with Crippen molar-refractivity contribution in [3.05, 3.63) is 59.2 Å². The van der Waals surface area contributed by atoms with Crippen LogP contribution in [-0.4, -0.2) is 6.61 Å². The van der Waals surface area contributed by atoms with E-state index in [1.54, 1.807) is 6.92 Å². The van der Waals surface area contributed by atoms with Gasteiger partial charge in [0, 0.05) is 16.7 Å². The minimum atomic E-state index is -1.42. The Balaban J connectivity index is 1.85. The molecule has 0 heterocycles. The van der Waals surface area contributed by atoms with Crippen molar-refractivity contribution in [1.82, 2.24) is 0 Å². The fourth-order valence-corrected chi connectivity index (χ4v) is 4.30. The Kier molecular flexibility index (Phi) is 7.74. The normalized spacial score (nSPS) is 19.5. The summed E-state index contributed by atoms with van der Waals surface area (Å²) >= 11 is 0. The molecule has 0 amide bonds.